The minimum absolute atomic E-state index is 0.00968. The van der Waals surface area contributed by atoms with Crippen LogP contribution in [0.4, 0.5) is 0 Å². The predicted molar refractivity (Wildman–Crippen MR) is 50.0 cm³/mol. The second-order valence-corrected chi connectivity index (χ2v) is 3.37. The van der Waals surface area contributed by atoms with Crippen LogP contribution in [0, 0.1) is 18.3 Å². The van der Waals surface area contributed by atoms with E-state index in [1.54, 1.807) is 6.92 Å². The van der Waals surface area contributed by atoms with Crippen molar-refractivity contribution in [3.8, 4) is 12.3 Å². The quantitative estimate of drug-likeness (QED) is 0.632. The molecule has 3 heteroatoms. The summed E-state index contributed by atoms with van der Waals surface area (Å²) < 4.78 is 5.29. The zero-order chi connectivity index (χ0) is 9.84. The fraction of sp³-hybridized carbons (Fsp3) is 0.700. The lowest BCUT2D eigenvalue weighted by molar-refractivity contribution is -0.126. The summed E-state index contributed by atoms with van der Waals surface area (Å²) >= 11 is 0. The van der Waals surface area contributed by atoms with Crippen LogP contribution in [0.15, 0.2) is 0 Å². The maximum absolute atomic E-state index is 11.5. The maximum Gasteiger partial charge on any atom is 0.226 e. The number of hydrogen-bond donors (Lipinski definition) is 1. The zero-order valence-electron chi connectivity index (χ0n) is 8.04. The number of ether oxygens (including phenoxy) is 1. The molecule has 1 heterocycles. The third-order valence-electron chi connectivity index (χ3n) is 2.32. The van der Waals surface area contributed by atoms with Crippen LogP contribution in [0.1, 0.15) is 20.3 Å². The Morgan fingerprint density at radius 1 is 1.77 bits per heavy atom. The number of amides is 1. The van der Waals surface area contributed by atoms with Gasteiger partial charge in [-0.25, -0.2) is 0 Å². The molecule has 1 amide bonds. The molecule has 3 atom stereocenters. The molecule has 1 N–H and O–H groups in total. The smallest absolute Gasteiger partial charge is 0.226 e. The Balaban J connectivity index is 2.44. The molecule has 0 spiro atoms. The van der Waals surface area contributed by atoms with Gasteiger partial charge in [0, 0.05) is 6.61 Å². The number of nitrogens with one attached hydrogen (secondary N) is 1. The SMILES string of the molecule is C#CC(C)NC(=O)C1CCOC1C. The lowest BCUT2D eigenvalue weighted by Gasteiger charge is -2.15. The van der Waals surface area contributed by atoms with Crippen molar-refractivity contribution in [2.45, 2.75) is 32.4 Å². The highest BCUT2D eigenvalue weighted by Crippen LogP contribution is 2.20. The van der Waals surface area contributed by atoms with Gasteiger partial charge in [-0.15, -0.1) is 6.42 Å². The summed E-state index contributed by atoms with van der Waals surface area (Å²) in [6, 6.07) is -0.194. The predicted octanol–water partition coefficient (Wildman–Crippen LogP) is 0.549. The molecule has 3 nitrogen and oxygen atoms in total. The van der Waals surface area contributed by atoms with Crippen molar-refractivity contribution in [2.24, 2.45) is 5.92 Å². The number of terminal acetylenes is 1. The van der Waals surface area contributed by atoms with Crippen molar-refractivity contribution < 1.29 is 9.53 Å². The monoisotopic (exact) mass is 181 g/mol. The highest BCUT2D eigenvalue weighted by Gasteiger charge is 2.30. The van der Waals surface area contributed by atoms with Gasteiger partial charge in [-0.3, -0.25) is 4.79 Å². The summed E-state index contributed by atoms with van der Waals surface area (Å²) in [5.41, 5.74) is 0. The molecule has 0 radical (unpaired) electrons. The first-order valence-corrected chi connectivity index (χ1v) is 4.53. The molecule has 0 aromatic rings. The van der Waals surface area contributed by atoms with E-state index in [9.17, 15) is 4.79 Å². The van der Waals surface area contributed by atoms with Gasteiger partial charge in [-0.05, 0) is 20.3 Å². The zero-order valence-corrected chi connectivity index (χ0v) is 8.04. The second-order valence-electron chi connectivity index (χ2n) is 3.37. The highest BCUT2D eigenvalue weighted by atomic mass is 16.5. The topological polar surface area (TPSA) is 38.3 Å². The van der Waals surface area contributed by atoms with E-state index in [4.69, 9.17) is 11.2 Å². The van der Waals surface area contributed by atoms with Crippen molar-refractivity contribution in [1.29, 1.82) is 0 Å². The summed E-state index contributed by atoms with van der Waals surface area (Å²) in [7, 11) is 0. The van der Waals surface area contributed by atoms with Gasteiger partial charge in [0.15, 0.2) is 0 Å². The molecule has 0 aromatic carbocycles. The Labute approximate surface area is 78.8 Å². The number of carbonyl (C=O) groups excluding carboxylic acids is 1. The van der Waals surface area contributed by atoms with Gasteiger partial charge in [0.2, 0.25) is 5.91 Å². The molecule has 0 aliphatic carbocycles. The van der Waals surface area contributed by atoms with Gasteiger partial charge in [0.05, 0.1) is 18.1 Å². The average Bonchev–Trinajstić information content (AvgIpc) is 2.51. The Morgan fingerprint density at radius 3 is 2.92 bits per heavy atom. The van der Waals surface area contributed by atoms with Gasteiger partial charge in [-0.1, -0.05) is 5.92 Å². The molecular weight excluding hydrogens is 166 g/mol. The molecule has 0 saturated carbocycles. The number of rotatable bonds is 2. The fourth-order valence-electron chi connectivity index (χ4n) is 1.44. The molecule has 0 aromatic heterocycles. The first kappa shape index (κ1) is 10.1. The van der Waals surface area contributed by atoms with E-state index in [1.165, 1.54) is 0 Å². The maximum atomic E-state index is 11.5. The highest BCUT2D eigenvalue weighted by molar-refractivity contribution is 5.80. The van der Waals surface area contributed by atoms with Crippen LogP contribution in [-0.4, -0.2) is 24.7 Å². The molecular formula is C10H15NO2. The first-order chi connectivity index (χ1) is 6.15. The van der Waals surface area contributed by atoms with Crippen molar-refractivity contribution >= 4 is 5.91 Å². The second kappa shape index (κ2) is 4.29. The Hall–Kier alpha value is -1.01. The summed E-state index contributed by atoms with van der Waals surface area (Å²) in [6.07, 6.45) is 5.97. The normalized spacial score (nSPS) is 29.3. The van der Waals surface area contributed by atoms with E-state index >= 15 is 0 Å². The molecule has 1 aliphatic rings. The lowest BCUT2D eigenvalue weighted by Crippen LogP contribution is -2.38. The molecule has 13 heavy (non-hydrogen) atoms. The van der Waals surface area contributed by atoms with Crippen LogP contribution in [0.3, 0.4) is 0 Å². The molecule has 0 bridgehead atoms. The Bertz CT molecular complexity index is 232. The average molecular weight is 181 g/mol. The number of carbonyl (C=O) groups is 1. The minimum Gasteiger partial charge on any atom is -0.378 e. The molecule has 1 saturated heterocycles. The summed E-state index contributed by atoms with van der Waals surface area (Å²) in [6.45, 7) is 4.37. The van der Waals surface area contributed by atoms with Crippen molar-refractivity contribution in [2.75, 3.05) is 6.61 Å². The Morgan fingerprint density at radius 2 is 2.46 bits per heavy atom. The third-order valence-corrected chi connectivity index (χ3v) is 2.32. The fourth-order valence-corrected chi connectivity index (χ4v) is 1.44. The summed E-state index contributed by atoms with van der Waals surface area (Å²) in [5, 5.41) is 2.75. The molecule has 1 rings (SSSR count). The van der Waals surface area contributed by atoms with E-state index in [1.807, 2.05) is 6.92 Å². The van der Waals surface area contributed by atoms with Gasteiger partial charge >= 0.3 is 0 Å². The minimum atomic E-state index is -0.194. The van der Waals surface area contributed by atoms with E-state index < -0.39 is 0 Å². The molecule has 72 valence electrons. The summed E-state index contributed by atoms with van der Waals surface area (Å²) in [5.74, 6) is 2.44. The van der Waals surface area contributed by atoms with Crippen LogP contribution in [0.2, 0.25) is 0 Å². The van der Waals surface area contributed by atoms with Gasteiger partial charge < -0.3 is 10.1 Å². The first-order valence-electron chi connectivity index (χ1n) is 4.53. The molecule has 1 fully saturated rings. The van der Waals surface area contributed by atoms with E-state index in [0.29, 0.717) is 6.61 Å². The van der Waals surface area contributed by atoms with Crippen molar-refractivity contribution in [1.82, 2.24) is 5.32 Å². The molecule has 3 unspecified atom stereocenters. The van der Waals surface area contributed by atoms with Gasteiger partial charge in [0.1, 0.15) is 0 Å². The van der Waals surface area contributed by atoms with Crippen LogP contribution in [0.25, 0.3) is 0 Å². The van der Waals surface area contributed by atoms with E-state index in [0.717, 1.165) is 6.42 Å². The number of hydrogen-bond acceptors (Lipinski definition) is 2. The van der Waals surface area contributed by atoms with Crippen LogP contribution in [-0.2, 0) is 9.53 Å². The third kappa shape index (κ3) is 2.46. The standard InChI is InChI=1S/C10H15NO2/c1-4-7(2)11-10(12)9-5-6-13-8(9)3/h1,7-9H,5-6H2,2-3H3,(H,11,12). The van der Waals surface area contributed by atoms with Gasteiger partial charge in [0.25, 0.3) is 0 Å². The van der Waals surface area contributed by atoms with Crippen LogP contribution in [0.5, 0.6) is 0 Å². The van der Waals surface area contributed by atoms with Crippen molar-refractivity contribution in [3.63, 3.8) is 0 Å². The van der Waals surface area contributed by atoms with Crippen LogP contribution >= 0.6 is 0 Å². The molecule has 1 aliphatic heterocycles. The van der Waals surface area contributed by atoms with E-state index in [-0.39, 0.29) is 24.0 Å². The largest absolute Gasteiger partial charge is 0.378 e. The lowest BCUT2D eigenvalue weighted by atomic mass is 10.0. The van der Waals surface area contributed by atoms with Gasteiger partial charge in [-0.2, -0.15) is 0 Å². The van der Waals surface area contributed by atoms with Crippen LogP contribution < -0.4 is 5.32 Å². The Kier molecular flexibility index (Phi) is 3.32. The van der Waals surface area contributed by atoms with E-state index in [2.05, 4.69) is 11.2 Å². The van der Waals surface area contributed by atoms with Crippen molar-refractivity contribution in [3.05, 3.63) is 0 Å². The summed E-state index contributed by atoms with van der Waals surface area (Å²) in [4.78, 5) is 11.5.